The van der Waals surface area contributed by atoms with E-state index < -0.39 is 5.97 Å². The number of benzene rings is 1. The normalized spacial score (nSPS) is 19.3. The van der Waals surface area contributed by atoms with Crippen LogP contribution in [0.2, 0.25) is 0 Å². The monoisotopic (exact) mass is 315 g/mol. The molecular weight excluding hydrogens is 298 g/mol. The van der Waals surface area contributed by atoms with E-state index in [-0.39, 0.29) is 23.6 Å². The van der Waals surface area contributed by atoms with Crippen molar-refractivity contribution in [3.63, 3.8) is 0 Å². The first-order valence-electron chi connectivity index (χ1n) is 7.41. The van der Waals surface area contributed by atoms with Gasteiger partial charge in [-0.2, -0.15) is 5.10 Å². The maximum absolute atomic E-state index is 12.2. The van der Waals surface area contributed by atoms with E-state index in [9.17, 15) is 9.59 Å². The molecule has 2 N–H and O–H groups in total. The van der Waals surface area contributed by atoms with Crippen LogP contribution in [0.5, 0.6) is 0 Å². The number of aromatic carboxylic acids is 1. The highest BCUT2D eigenvalue weighted by atomic mass is 16.5. The van der Waals surface area contributed by atoms with E-state index in [1.807, 2.05) is 6.92 Å². The van der Waals surface area contributed by atoms with E-state index in [2.05, 4.69) is 10.4 Å². The largest absolute Gasteiger partial charge is 0.476 e. The van der Waals surface area contributed by atoms with Crippen LogP contribution in [0, 0.1) is 5.92 Å². The van der Waals surface area contributed by atoms with Crippen molar-refractivity contribution >= 4 is 17.6 Å². The van der Waals surface area contributed by atoms with Crippen molar-refractivity contribution in [3.8, 4) is 5.69 Å². The number of nitrogens with one attached hydrogen (secondary N) is 1. The molecule has 7 nitrogen and oxygen atoms in total. The Morgan fingerprint density at radius 3 is 2.87 bits per heavy atom. The molecule has 2 aromatic rings. The Hall–Kier alpha value is -2.67. The number of hydrogen-bond acceptors (Lipinski definition) is 4. The summed E-state index contributed by atoms with van der Waals surface area (Å²) in [5.74, 6) is -1.32. The lowest BCUT2D eigenvalue weighted by Gasteiger charge is -2.11. The van der Waals surface area contributed by atoms with Crippen LogP contribution >= 0.6 is 0 Å². The van der Waals surface area contributed by atoms with Crippen LogP contribution in [0.4, 0.5) is 5.69 Å². The Morgan fingerprint density at radius 1 is 1.39 bits per heavy atom. The minimum absolute atomic E-state index is 0.00419. The maximum Gasteiger partial charge on any atom is 0.356 e. The highest BCUT2D eigenvalue weighted by molar-refractivity contribution is 5.96. The minimum Gasteiger partial charge on any atom is -0.476 e. The molecule has 7 heteroatoms. The topological polar surface area (TPSA) is 93.5 Å². The number of hydrogen-bond donors (Lipinski definition) is 2. The second-order valence-corrected chi connectivity index (χ2v) is 5.29. The molecule has 2 atom stereocenters. The number of amides is 1. The van der Waals surface area contributed by atoms with Gasteiger partial charge in [-0.15, -0.1) is 0 Å². The van der Waals surface area contributed by atoms with Gasteiger partial charge in [-0.25, -0.2) is 9.48 Å². The van der Waals surface area contributed by atoms with E-state index in [0.717, 1.165) is 6.42 Å². The summed E-state index contributed by atoms with van der Waals surface area (Å²) in [5.41, 5.74) is 1.14. The van der Waals surface area contributed by atoms with Crippen LogP contribution in [0.25, 0.3) is 5.69 Å². The Kier molecular flexibility index (Phi) is 4.12. The van der Waals surface area contributed by atoms with Gasteiger partial charge in [0.15, 0.2) is 5.69 Å². The van der Waals surface area contributed by atoms with Gasteiger partial charge in [0.1, 0.15) is 0 Å². The van der Waals surface area contributed by atoms with E-state index in [1.165, 1.54) is 10.7 Å². The average Bonchev–Trinajstić information content (AvgIpc) is 3.12. The molecule has 1 amide bonds. The van der Waals surface area contributed by atoms with Crippen molar-refractivity contribution in [3.05, 3.63) is 42.2 Å². The first-order chi connectivity index (χ1) is 11.1. The van der Waals surface area contributed by atoms with Gasteiger partial charge >= 0.3 is 5.97 Å². The molecule has 1 heterocycles. The zero-order valence-electron chi connectivity index (χ0n) is 12.6. The number of nitrogens with zero attached hydrogens (tertiary/aromatic N) is 2. The molecule has 0 saturated heterocycles. The molecule has 1 saturated carbocycles. The average molecular weight is 315 g/mol. The van der Waals surface area contributed by atoms with E-state index >= 15 is 0 Å². The summed E-state index contributed by atoms with van der Waals surface area (Å²) in [4.78, 5) is 23.2. The van der Waals surface area contributed by atoms with Gasteiger partial charge in [0.25, 0.3) is 0 Å². The minimum atomic E-state index is -1.09. The number of rotatable bonds is 6. The van der Waals surface area contributed by atoms with Gasteiger partial charge in [0.05, 0.1) is 23.4 Å². The zero-order valence-corrected chi connectivity index (χ0v) is 12.6. The number of para-hydroxylation sites is 2. The molecule has 1 aliphatic carbocycles. The van der Waals surface area contributed by atoms with Crippen LogP contribution in [0.1, 0.15) is 23.8 Å². The molecule has 1 aromatic carbocycles. The van der Waals surface area contributed by atoms with Gasteiger partial charge < -0.3 is 15.2 Å². The Morgan fingerprint density at radius 2 is 2.17 bits per heavy atom. The fourth-order valence-electron chi connectivity index (χ4n) is 2.42. The molecule has 3 rings (SSSR count). The van der Waals surface area contributed by atoms with Gasteiger partial charge in [-0.1, -0.05) is 12.1 Å². The molecule has 1 aliphatic rings. The summed E-state index contributed by atoms with van der Waals surface area (Å²) >= 11 is 0. The molecule has 0 aliphatic heterocycles. The Balaban J connectivity index is 1.78. The molecule has 0 radical (unpaired) electrons. The number of aromatic nitrogens is 2. The molecule has 1 aromatic heterocycles. The summed E-state index contributed by atoms with van der Waals surface area (Å²) in [6.07, 6.45) is 2.27. The third kappa shape index (κ3) is 3.24. The van der Waals surface area contributed by atoms with Crippen molar-refractivity contribution in [2.45, 2.75) is 19.4 Å². The van der Waals surface area contributed by atoms with Crippen LogP contribution in [0.3, 0.4) is 0 Å². The van der Waals surface area contributed by atoms with E-state index in [4.69, 9.17) is 9.84 Å². The van der Waals surface area contributed by atoms with Crippen molar-refractivity contribution in [2.75, 3.05) is 11.9 Å². The molecular formula is C16H17N3O4. The predicted molar refractivity (Wildman–Crippen MR) is 82.7 cm³/mol. The van der Waals surface area contributed by atoms with Gasteiger partial charge in [0.2, 0.25) is 5.91 Å². The molecule has 23 heavy (non-hydrogen) atoms. The fraction of sp³-hybridized carbons (Fsp3) is 0.312. The molecule has 0 bridgehead atoms. The SMILES string of the molecule is CCOC1CC1C(=O)Nc1ccccc1-n1ccc(C(=O)O)n1. The highest BCUT2D eigenvalue weighted by Gasteiger charge is 2.44. The Bertz CT molecular complexity index is 740. The number of carboxylic acid groups (broad SMARTS) is 1. The van der Waals surface area contributed by atoms with Crippen LogP contribution < -0.4 is 5.32 Å². The predicted octanol–water partition coefficient (Wildman–Crippen LogP) is 1.93. The first kappa shape index (κ1) is 15.2. The van der Waals surface area contributed by atoms with E-state index in [0.29, 0.717) is 18.0 Å². The summed E-state index contributed by atoms with van der Waals surface area (Å²) < 4.78 is 6.86. The molecule has 0 spiro atoms. The third-order valence-electron chi connectivity index (χ3n) is 3.67. The van der Waals surface area contributed by atoms with Crippen LogP contribution in [0.15, 0.2) is 36.5 Å². The van der Waals surface area contributed by atoms with Gasteiger partial charge in [-0.05, 0) is 31.5 Å². The zero-order chi connectivity index (χ0) is 16.4. The second-order valence-electron chi connectivity index (χ2n) is 5.29. The van der Waals surface area contributed by atoms with Crippen LogP contribution in [-0.4, -0.2) is 39.5 Å². The fourth-order valence-corrected chi connectivity index (χ4v) is 2.42. The number of carboxylic acids is 1. The lowest BCUT2D eigenvalue weighted by molar-refractivity contribution is -0.118. The summed E-state index contributed by atoms with van der Waals surface area (Å²) in [6.45, 7) is 2.50. The molecule has 120 valence electrons. The van der Waals surface area contributed by atoms with Crippen molar-refractivity contribution in [1.29, 1.82) is 0 Å². The number of ether oxygens (including phenoxy) is 1. The summed E-state index contributed by atoms with van der Waals surface area (Å²) in [5, 5.41) is 15.8. The number of carbonyl (C=O) groups is 2. The maximum atomic E-state index is 12.2. The van der Waals surface area contributed by atoms with Crippen molar-refractivity contribution in [2.24, 2.45) is 5.92 Å². The van der Waals surface area contributed by atoms with Gasteiger partial charge in [-0.3, -0.25) is 4.79 Å². The van der Waals surface area contributed by atoms with Crippen molar-refractivity contribution < 1.29 is 19.4 Å². The number of anilines is 1. The van der Waals surface area contributed by atoms with Crippen molar-refractivity contribution in [1.82, 2.24) is 9.78 Å². The highest BCUT2D eigenvalue weighted by Crippen LogP contribution is 2.35. The smallest absolute Gasteiger partial charge is 0.356 e. The standard InChI is InChI=1S/C16H17N3O4/c1-2-23-14-9-10(14)15(20)17-11-5-3-4-6-13(11)19-8-7-12(18-19)16(21)22/h3-8,10,14H,2,9H2,1H3,(H,17,20)(H,21,22). The first-order valence-corrected chi connectivity index (χ1v) is 7.41. The lowest BCUT2D eigenvalue weighted by Crippen LogP contribution is -2.18. The molecule has 2 unspecified atom stereocenters. The third-order valence-corrected chi connectivity index (χ3v) is 3.67. The molecule has 1 fully saturated rings. The summed E-state index contributed by atoms with van der Waals surface area (Å²) in [7, 11) is 0. The van der Waals surface area contributed by atoms with Gasteiger partial charge in [0, 0.05) is 12.8 Å². The number of carbonyl (C=O) groups excluding carboxylic acids is 1. The van der Waals surface area contributed by atoms with Crippen LogP contribution in [-0.2, 0) is 9.53 Å². The lowest BCUT2D eigenvalue weighted by atomic mass is 10.2. The van der Waals surface area contributed by atoms with E-state index in [1.54, 1.807) is 30.5 Å². The quantitative estimate of drug-likeness (QED) is 0.849. The Labute approximate surface area is 132 Å². The summed E-state index contributed by atoms with van der Waals surface area (Å²) in [6, 6.07) is 8.53. The second kappa shape index (κ2) is 6.21.